The van der Waals surface area contributed by atoms with Crippen molar-refractivity contribution in [3.05, 3.63) is 34.4 Å². The molecule has 0 heterocycles. The fourth-order valence-electron chi connectivity index (χ4n) is 3.80. The second-order valence-electron chi connectivity index (χ2n) is 8.38. The number of aryl methyl sites for hydroxylation is 1. The predicted octanol–water partition coefficient (Wildman–Crippen LogP) is 7.05. The maximum Gasteiger partial charge on any atom is 0.0285 e. The minimum atomic E-state index is 0.322. The Morgan fingerprint density at radius 2 is 1.41 bits per heavy atom. The van der Waals surface area contributed by atoms with E-state index >= 15 is 0 Å². The standard InChI is InChI=1S/C21H33Br/c1-6-7-8-9-10-16-13-18-19(14-17(16)15-22)21(4,5)12-11-20(18,2)3/h13-14H,6-12,15H2,1-5H3. The van der Waals surface area contributed by atoms with Gasteiger partial charge in [-0.3, -0.25) is 0 Å². The molecule has 1 aromatic rings. The Morgan fingerprint density at radius 3 is 1.91 bits per heavy atom. The van der Waals surface area contributed by atoms with Crippen LogP contribution in [0.2, 0.25) is 0 Å². The van der Waals surface area contributed by atoms with E-state index in [0.29, 0.717) is 10.8 Å². The van der Waals surface area contributed by atoms with Gasteiger partial charge in [0.2, 0.25) is 0 Å². The first-order valence-electron chi connectivity index (χ1n) is 9.04. The lowest BCUT2D eigenvalue weighted by Crippen LogP contribution is -2.34. The van der Waals surface area contributed by atoms with Crippen molar-refractivity contribution < 1.29 is 0 Å². The summed E-state index contributed by atoms with van der Waals surface area (Å²) in [6.45, 7) is 12.0. The molecular weight excluding hydrogens is 332 g/mol. The van der Waals surface area contributed by atoms with Crippen molar-refractivity contribution in [1.82, 2.24) is 0 Å². The van der Waals surface area contributed by atoms with E-state index in [1.165, 1.54) is 50.5 Å². The largest absolute Gasteiger partial charge is 0.0876 e. The molecule has 0 saturated carbocycles. The lowest BCUT2D eigenvalue weighted by Gasteiger charge is -2.42. The maximum atomic E-state index is 3.72. The number of hydrogen-bond donors (Lipinski definition) is 0. The van der Waals surface area contributed by atoms with Gasteiger partial charge in [0.15, 0.2) is 0 Å². The van der Waals surface area contributed by atoms with Gasteiger partial charge in [0, 0.05) is 5.33 Å². The average Bonchev–Trinajstić information content (AvgIpc) is 2.48. The van der Waals surface area contributed by atoms with E-state index in [0.717, 1.165) is 5.33 Å². The second-order valence-corrected chi connectivity index (χ2v) is 8.94. The van der Waals surface area contributed by atoms with E-state index < -0.39 is 0 Å². The zero-order chi connectivity index (χ0) is 16.4. The average molecular weight is 365 g/mol. The number of benzene rings is 1. The highest BCUT2D eigenvalue weighted by Crippen LogP contribution is 2.46. The van der Waals surface area contributed by atoms with Crippen molar-refractivity contribution in [2.24, 2.45) is 0 Å². The molecule has 0 aromatic heterocycles. The van der Waals surface area contributed by atoms with Crippen LogP contribution in [0.25, 0.3) is 0 Å². The summed E-state index contributed by atoms with van der Waals surface area (Å²) in [4.78, 5) is 0. The van der Waals surface area contributed by atoms with Crippen molar-refractivity contribution in [1.29, 1.82) is 0 Å². The molecule has 0 fully saturated rings. The Labute approximate surface area is 146 Å². The van der Waals surface area contributed by atoms with Crippen LogP contribution in [-0.4, -0.2) is 0 Å². The number of rotatable bonds is 6. The van der Waals surface area contributed by atoms with Gasteiger partial charge in [-0.25, -0.2) is 0 Å². The molecule has 0 aliphatic heterocycles. The second kappa shape index (κ2) is 7.07. The fraction of sp³-hybridized carbons (Fsp3) is 0.714. The molecule has 1 aromatic carbocycles. The predicted molar refractivity (Wildman–Crippen MR) is 102 cm³/mol. The molecule has 0 amide bonds. The first-order valence-corrected chi connectivity index (χ1v) is 10.2. The van der Waals surface area contributed by atoms with Crippen molar-refractivity contribution in [2.45, 2.75) is 95.7 Å². The third-order valence-electron chi connectivity index (χ3n) is 5.62. The van der Waals surface area contributed by atoms with Crippen LogP contribution in [0, 0.1) is 0 Å². The minimum absolute atomic E-state index is 0.322. The van der Waals surface area contributed by atoms with Crippen LogP contribution in [-0.2, 0) is 22.6 Å². The van der Waals surface area contributed by atoms with Gasteiger partial charge in [0.05, 0.1) is 0 Å². The van der Waals surface area contributed by atoms with Gasteiger partial charge in [-0.15, -0.1) is 0 Å². The molecule has 0 spiro atoms. The van der Waals surface area contributed by atoms with Crippen molar-refractivity contribution in [2.75, 3.05) is 0 Å². The smallest absolute Gasteiger partial charge is 0.0285 e. The zero-order valence-electron chi connectivity index (χ0n) is 15.2. The van der Waals surface area contributed by atoms with Crippen LogP contribution in [0.4, 0.5) is 0 Å². The molecule has 124 valence electrons. The Bertz CT molecular complexity index is 511. The third-order valence-corrected chi connectivity index (χ3v) is 6.22. The van der Waals surface area contributed by atoms with Crippen molar-refractivity contribution >= 4 is 15.9 Å². The summed E-state index contributed by atoms with van der Waals surface area (Å²) in [7, 11) is 0. The molecule has 1 heteroatoms. The van der Waals surface area contributed by atoms with Crippen LogP contribution < -0.4 is 0 Å². The SMILES string of the molecule is CCCCCCc1cc2c(cc1CBr)C(C)(C)CCC2(C)C. The van der Waals surface area contributed by atoms with E-state index in [4.69, 9.17) is 0 Å². The number of alkyl halides is 1. The Morgan fingerprint density at radius 1 is 0.864 bits per heavy atom. The van der Waals surface area contributed by atoms with Gasteiger partial charge in [-0.2, -0.15) is 0 Å². The molecule has 1 aliphatic rings. The van der Waals surface area contributed by atoms with Crippen molar-refractivity contribution in [3.63, 3.8) is 0 Å². The minimum Gasteiger partial charge on any atom is -0.0876 e. The summed E-state index contributed by atoms with van der Waals surface area (Å²) in [5, 5.41) is 0.986. The zero-order valence-corrected chi connectivity index (χ0v) is 16.8. The van der Waals surface area contributed by atoms with Gasteiger partial charge < -0.3 is 0 Å². The molecule has 2 rings (SSSR count). The lowest BCUT2D eigenvalue weighted by molar-refractivity contribution is 0.331. The highest BCUT2D eigenvalue weighted by molar-refractivity contribution is 9.08. The van der Waals surface area contributed by atoms with Crippen LogP contribution in [0.3, 0.4) is 0 Å². The van der Waals surface area contributed by atoms with Crippen molar-refractivity contribution in [3.8, 4) is 0 Å². The summed E-state index contributed by atoms with van der Waals surface area (Å²) in [5.74, 6) is 0. The van der Waals surface area contributed by atoms with E-state index in [1.807, 2.05) is 0 Å². The topological polar surface area (TPSA) is 0 Å². The molecule has 1 aliphatic carbocycles. The monoisotopic (exact) mass is 364 g/mol. The Hall–Kier alpha value is -0.300. The molecule has 0 radical (unpaired) electrons. The molecule has 0 nitrogen and oxygen atoms in total. The van der Waals surface area contributed by atoms with E-state index in [1.54, 1.807) is 16.7 Å². The third kappa shape index (κ3) is 3.78. The molecule has 0 N–H and O–H groups in total. The quantitative estimate of drug-likeness (QED) is 0.374. The summed E-state index contributed by atoms with van der Waals surface area (Å²) in [6, 6.07) is 5.07. The first-order chi connectivity index (χ1) is 10.3. The van der Waals surface area contributed by atoms with Gasteiger partial charge >= 0.3 is 0 Å². The molecular formula is C21H33Br. The Kier molecular flexibility index (Phi) is 5.80. The van der Waals surface area contributed by atoms with Gasteiger partial charge in [0.1, 0.15) is 0 Å². The fourth-order valence-corrected chi connectivity index (χ4v) is 4.32. The maximum absolute atomic E-state index is 3.72. The van der Waals surface area contributed by atoms with E-state index in [9.17, 15) is 0 Å². The Balaban J connectivity index is 2.36. The van der Waals surface area contributed by atoms with Crippen LogP contribution >= 0.6 is 15.9 Å². The highest BCUT2D eigenvalue weighted by atomic mass is 79.9. The number of halogens is 1. The number of unbranched alkanes of at least 4 members (excludes halogenated alkanes) is 3. The van der Waals surface area contributed by atoms with Gasteiger partial charge in [-0.1, -0.05) is 81.9 Å². The van der Waals surface area contributed by atoms with E-state index in [2.05, 4.69) is 62.7 Å². The van der Waals surface area contributed by atoms with Crippen LogP contribution in [0.5, 0.6) is 0 Å². The first kappa shape index (κ1) is 18.0. The van der Waals surface area contributed by atoms with Gasteiger partial charge in [0.25, 0.3) is 0 Å². The molecule has 0 bridgehead atoms. The van der Waals surface area contributed by atoms with Gasteiger partial charge in [-0.05, 0) is 58.8 Å². The van der Waals surface area contributed by atoms with Crippen LogP contribution in [0.1, 0.15) is 95.4 Å². The number of hydrogen-bond acceptors (Lipinski definition) is 0. The number of fused-ring (bicyclic) bond motifs is 1. The summed E-state index contributed by atoms with van der Waals surface area (Å²) in [6.07, 6.45) is 9.22. The molecule has 0 atom stereocenters. The summed E-state index contributed by atoms with van der Waals surface area (Å²) >= 11 is 3.72. The molecule has 22 heavy (non-hydrogen) atoms. The molecule has 0 saturated heterocycles. The normalized spacial score (nSPS) is 19.0. The van der Waals surface area contributed by atoms with E-state index in [-0.39, 0.29) is 0 Å². The lowest BCUT2D eigenvalue weighted by atomic mass is 9.62. The van der Waals surface area contributed by atoms with Crippen LogP contribution in [0.15, 0.2) is 12.1 Å². The summed E-state index contributed by atoms with van der Waals surface area (Å²) in [5.41, 5.74) is 6.95. The summed E-state index contributed by atoms with van der Waals surface area (Å²) < 4.78 is 0. The highest BCUT2D eigenvalue weighted by Gasteiger charge is 2.37. The molecule has 0 unspecified atom stereocenters.